The Morgan fingerprint density at radius 1 is 1.33 bits per heavy atom. The number of rotatable bonds is 3. The van der Waals surface area contributed by atoms with Crippen molar-refractivity contribution in [3.8, 4) is 5.19 Å². The van der Waals surface area contributed by atoms with Gasteiger partial charge in [0.1, 0.15) is 11.1 Å². The third-order valence-corrected chi connectivity index (χ3v) is 2.77. The molecule has 0 aliphatic heterocycles. The van der Waals surface area contributed by atoms with E-state index in [1.54, 1.807) is 6.20 Å². The summed E-state index contributed by atoms with van der Waals surface area (Å²) in [6, 6.07) is 10.0. The summed E-state index contributed by atoms with van der Waals surface area (Å²) in [4.78, 5) is 4.05. The molecule has 0 saturated heterocycles. The van der Waals surface area contributed by atoms with Gasteiger partial charge in [-0.25, -0.2) is 4.98 Å². The Labute approximate surface area is 92.5 Å². The van der Waals surface area contributed by atoms with E-state index in [4.69, 9.17) is 10.5 Å². The Bertz CT molecular complexity index is 427. The fourth-order valence-electron chi connectivity index (χ4n) is 1.27. The van der Waals surface area contributed by atoms with Crippen molar-refractivity contribution in [3.63, 3.8) is 0 Å². The van der Waals surface area contributed by atoms with Gasteiger partial charge in [0.2, 0.25) is 0 Å². The van der Waals surface area contributed by atoms with E-state index < -0.39 is 0 Å². The molecule has 0 fully saturated rings. The van der Waals surface area contributed by atoms with Crippen LogP contribution in [0, 0.1) is 0 Å². The van der Waals surface area contributed by atoms with E-state index >= 15 is 0 Å². The number of nitrogen functional groups attached to an aromatic ring is 1. The van der Waals surface area contributed by atoms with E-state index in [0.29, 0.717) is 10.2 Å². The first kappa shape index (κ1) is 9.98. The van der Waals surface area contributed by atoms with Crippen LogP contribution in [0.5, 0.6) is 5.19 Å². The number of nitrogens with two attached hydrogens (primary N) is 1. The molecular formula is C11H12N2OS. The van der Waals surface area contributed by atoms with Crippen LogP contribution in [0.4, 0.5) is 5.00 Å². The second-order valence-corrected chi connectivity index (χ2v) is 4.22. The molecule has 1 atom stereocenters. The van der Waals surface area contributed by atoms with Crippen LogP contribution in [0.25, 0.3) is 0 Å². The molecule has 2 N–H and O–H groups in total. The average Bonchev–Trinajstić information content (AvgIpc) is 2.65. The Morgan fingerprint density at radius 3 is 2.67 bits per heavy atom. The molecule has 0 spiro atoms. The highest BCUT2D eigenvalue weighted by Gasteiger charge is 2.08. The van der Waals surface area contributed by atoms with Crippen molar-refractivity contribution in [2.24, 2.45) is 0 Å². The minimum atomic E-state index is -0.00301. The van der Waals surface area contributed by atoms with Crippen molar-refractivity contribution in [1.29, 1.82) is 0 Å². The van der Waals surface area contributed by atoms with Crippen LogP contribution in [0.1, 0.15) is 18.6 Å². The molecule has 78 valence electrons. The normalized spacial score (nSPS) is 12.3. The fraction of sp³-hybridized carbons (Fsp3) is 0.182. The van der Waals surface area contributed by atoms with Crippen LogP contribution in [-0.2, 0) is 0 Å². The number of hydrogen-bond acceptors (Lipinski definition) is 4. The van der Waals surface area contributed by atoms with Crippen molar-refractivity contribution in [2.75, 3.05) is 5.73 Å². The van der Waals surface area contributed by atoms with Gasteiger partial charge in [0.05, 0.1) is 6.20 Å². The van der Waals surface area contributed by atoms with Crippen molar-refractivity contribution >= 4 is 16.3 Å². The first-order chi connectivity index (χ1) is 7.25. The Hall–Kier alpha value is -1.55. The summed E-state index contributed by atoms with van der Waals surface area (Å²) in [5.74, 6) is 0. The molecule has 0 saturated carbocycles. The molecule has 2 rings (SSSR count). The molecule has 0 bridgehead atoms. The summed E-state index contributed by atoms with van der Waals surface area (Å²) in [5.41, 5.74) is 6.70. The number of benzene rings is 1. The van der Waals surface area contributed by atoms with Gasteiger partial charge in [-0.1, -0.05) is 41.7 Å². The standard InChI is InChI=1S/C11H12N2OS/c1-8(9-5-3-2-4-6-9)14-11-13-7-10(12)15-11/h2-8H,12H2,1H3. The number of aromatic nitrogens is 1. The maximum absolute atomic E-state index is 5.65. The Kier molecular flexibility index (Phi) is 2.87. The van der Waals surface area contributed by atoms with Crippen LogP contribution in [0.2, 0.25) is 0 Å². The van der Waals surface area contributed by atoms with E-state index in [1.807, 2.05) is 37.3 Å². The van der Waals surface area contributed by atoms with Crippen LogP contribution in [0.15, 0.2) is 36.5 Å². The van der Waals surface area contributed by atoms with Crippen molar-refractivity contribution in [3.05, 3.63) is 42.1 Å². The molecule has 4 heteroatoms. The minimum Gasteiger partial charge on any atom is -0.462 e. The van der Waals surface area contributed by atoms with Gasteiger partial charge in [0.25, 0.3) is 5.19 Å². The predicted molar refractivity (Wildman–Crippen MR) is 62.0 cm³/mol. The summed E-state index contributed by atoms with van der Waals surface area (Å²) < 4.78 is 5.65. The van der Waals surface area contributed by atoms with E-state index in [9.17, 15) is 0 Å². The minimum absolute atomic E-state index is 0.00301. The second-order valence-electron chi connectivity index (χ2n) is 3.20. The maximum Gasteiger partial charge on any atom is 0.275 e. The average molecular weight is 220 g/mol. The second kappa shape index (κ2) is 4.31. The van der Waals surface area contributed by atoms with Crippen LogP contribution in [0.3, 0.4) is 0 Å². The van der Waals surface area contributed by atoms with Crippen LogP contribution >= 0.6 is 11.3 Å². The molecule has 1 unspecified atom stereocenters. The van der Waals surface area contributed by atoms with E-state index in [0.717, 1.165) is 5.56 Å². The monoisotopic (exact) mass is 220 g/mol. The highest BCUT2D eigenvalue weighted by Crippen LogP contribution is 2.27. The number of thiazole rings is 1. The van der Waals surface area contributed by atoms with E-state index in [1.165, 1.54) is 11.3 Å². The molecule has 2 aromatic rings. The van der Waals surface area contributed by atoms with Gasteiger partial charge in [-0.3, -0.25) is 0 Å². The van der Waals surface area contributed by atoms with E-state index in [2.05, 4.69) is 4.98 Å². The van der Waals surface area contributed by atoms with E-state index in [-0.39, 0.29) is 6.10 Å². The molecule has 0 radical (unpaired) electrons. The molecule has 1 aromatic carbocycles. The van der Waals surface area contributed by atoms with Gasteiger partial charge in [0, 0.05) is 0 Å². The SMILES string of the molecule is CC(Oc1ncc(N)s1)c1ccccc1. The maximum atomic E-state index is 5.65. The fourth-order valence-corrected chi connectivity index (χ4v) is 1.87. The lowest BCUT2D eigenvalue weighted by atomic mass is 10.1. The number of anilines is 1. The highest BCUT2D eigenvalue weighted by molar-refractivity contribution is 7.17. The molecule has 0 amide bonds. The molecule has 1 aromatic heterocycles. The highest BCUT2D eigenvalue weighted by atomic mass is 32.1. The van der Waals surface area contributed by atoms with Crippen molar-refractivity contribution in [2.45, 2.75) is 13.0 Å². The molecule has 0 aliphatic carbocycles. The summed E-state index contributed by atoms with van der Waals surface area (Å²) in [6.45, 7) is 1.99. The smallest absolute Gasteiger partial charge is 0.275 e. The summed E-state index contributed by atoms with van der Waals surface area (Å²) >= 11 is 1.36. The number of nitrogens with zero attached hydrogens (tertiary/aromatic N) is 1. The number of ether oxygens (including phenoxy) is 1. The quantitative estimate of drug-likeness (QED) is 0.865. The van der Waals surface area contributed by atoms with Crippen molar-refractivity contribution < 1.29 is 4.74 Å². The van der Waals surface area contributed by atoms with Gasteiger partial charge in [0.15, 0.2) is 0 Å². The summed E-state index contributed by atoms with van der Waals surface area (Å²) in [7, 11) is 0. The lowest BCUT2D eigenvalue weighted by molar-refractivity contribution is 0.226. The van der Waals surface area contributed by atoms with Gasteiger partial charge < -0.3 is 10.5 Å². The lowest BCUT2D eigenvalue weighted by Gasteiger charge is -2.11. The third kappa shape index (κ3) is 2.47. The molecule has 0 aliphatic rings. The van der Waals surface area contributed by atoms with Gasteiger partial charge >= 0.3 is 0 Å². The van der Waals surface area contributed by atoms with Crippen molar-refractivity contribution in [1.82, 2.24) is 4.98 Å². The zero-order valence-corrected chi connectivity index (χ0v) is 9.20. The Morgan fingerprint density at radius 2 is 2.07 bits per heavy atom. The van der Waals surface area contributed by atoms with Gasteiger partial charge in [-0.2, -0.15) is 0 Å². The van der Waals surface area contributed by atoms with Crippen LogP contribution in [-0.4, -0.2) is 4.98 Å². The molecular weight excluding hydrogens is 208 g/mol. The first-order valence-corrected chi connectivity index (χ1v) is 5.50. The zero-order valence-electron chi connectivity index (χ0n) is 8.38. The third-order valence-electron chi connectivity index (χ3n) is 2.05. The first-order valence-electron chi connectivity index (χ1n) is 4.68. The molecule has 15 heavy (non-hydrogen) atoms. The molecule has 1 heterocycles. The molecule has 3 nitrogen and oxygen atoms in total. The Balaban J connectivity index is 2.07. The van der Waals surface area contributed by atoms with Gasteiger partial charge in [-0.15, -0.1) is 0 Å². The summed E-state index contributed by atoms with van der Waals surface area (Å²) in [5, 5.41) is 1.29. The lowest BCUT2D eigenvalue weighted by Crippen LogP contribution is -2.02. The van der Waals surface area contributed by atoms with Gasteiger partial charge in [-0.05, 0) is 12.5 Å². The summed E-state index contributed by atoms with van der Waals surface area (Å²) in [6.07, 6.45) is 1.61. The largest absolute Gasteiger partial charge is 0.462 e. The topological polar surface area (TPSA) is 48.1 Å². The van der Waals surface area contributed by atoms with Crippen LogP contribution < -0.4 is 10.5 Å². The predicted octanol–water partition coefficient (Wildman–Crippen LogP) is 2.87. The number of hydrogen-bond donors (Lipinski definition) is 1. The zero-order chi connectivity index (χ0) is 10.7.